The molecule has 1 heterocycles. The van der Waals surface area contributed by atoms with Crippen LogP contribution < -0.4 is 11.1 Å². The van der Waals surface area contributed by atoms with Crippen LogP contribution in [-0.4, -0.2) is 21.7 Å². The highest BCUT2D eigenvalue weighted by molar-refractivity contribution is 5.85. The molecule has 1 amide bonds. The van der Waals surface area contributed by atoms with E-state index in [2.05, 4.69) is 54.6 Å². The van der Waals surface area contributed by atoms with Gasteiger partial charge in [0.25, 0.3) is 0 Å². The second-order valence-corrected chi connectivity index (χ2v) is 7.51. The number of rotatable bonds is 8. The Morgan fingerprint density at radius 2 is 1.83 bits per heavy atom. The number of carbonyl (C=O) groups is 1. The molecule has 0 radical (unpaired) electrons. The summed E-state index contributed by atoms with van der Waals surface area (Å²) in [6, 6.07) is 18.1. The van der Waals surface area contributed by atoms with Crippen molar-refractivity contribution in [2.45, 2.75) is 39.4 Å². The molecule has 0 spiro atoms. The number of nitrogens with zero attached hydrogens (tertiary/aromatic N) is 2. The Bertz CT molecular complexity index is 892. The van der Waals surface area contributed by atoms with Gasteiger partial charge in [-0.05, 0) is 40.7 Å². The molecular formula is C23H29ClN4O. The van der Waals surface area contributed by atoms with Gasteiger partial charge in [0.1, 0.15) is 0 Å². The van der Waals surface area contributed by atoms with Gasteiger partial charge < -0.3 is 11.1 Å². The zero-order valence-electron chi connectivity index (χ0n) is 16.9. The molecule has 0 saturated heterocycles. The quantitative estimate of drug-likeness (QED) is 0.587. The van der Waals surface area contributed by atoms with E-state index in [-0.39, 0.29) is 18.3 Å². The van der Waals surface area contributed by atoms with Crippen LogP contribution in [0, 0.1) is 5.92 Å². The third kappa shape index (κ3) is 6.44. The summed E-state index contributed by atoms with van der Waals surface area (Å²) < 4.78 is 1.90. The van der Waals surface area contributed by atoms with Gasteiger partial charge in [0.05, 0.1) is 12.6 Å². The summed E-state index contributed by atoms with van der Waals surface area (Å²) in [5.41, 5.74) is 10.5. The minimum Gasteiger partial charge on any atom is -0.351 e. The fraction of sp³-hybridized carbons (Fsp3) is 0.304. The number of halogens is 1. The van der Waals surface area contributed by atoms with Crippen LogP contribution >= 0.6 is 12.4 Å². The topological polar surface area (TPSA) is 72.9 Å². The lowest BCUT2D eigenvalue weighted by Crippen LogP contribution is -2.41. The van der Waals surface area contributed by atoms with E-state index >= 15 is 0 Å². The van der Waals surface area contributed by atoms with Crippen molar-refractivity contribution in [3.63, 3.8) is 0 Å². The molecule has 2 aromatic carbocycles. The van der Waals surface area contributed by atoms with Gasteiger partial charge in [-0.15, -0.1) is 12.4 Å². The minimum absolute atomic E-state index is 0. The highest BCUT2D eigenvalue weighted by Crippen LogP contribution is 2.24. The van der Waals surface area contributed by atoms with Crippen LogP contribution in [0.4, 0.5) is 0 Å². The van der Waals surface area contributed by atoms with Crippen LogP contribution in [0.3, 0.4) is 0 Å². The number of carbonyl (C=O) groups excluding carboxylic acids is 1. The Morgan fingerprint density at radius 1 is 1.10 bits per heavy atom. The molecule has 0 saturated carbocycles. The predicted octanol–water partition coefficient (Wildman–Crippen LogP) is 4.01. The molecule has 0 bridgehead atoms. The molecule has 0 aliphatic heterocycles. The van der Waals surface area contributed by atoms with Crippen molar-refractivity contribution in [1.82, 2.24) is 15.1 Å². The third-order valence-electron chi connectivity index (χ3n) is 4.70. The first-order chi connectivity index (χ1) is 13.5. The van der Waals surface area contributed by atoms with Crippen molar-refractivity contribution in [3.8, 4) is 11.1 Å². The lowest BCUT2D eigenvalue weighted by molar-refractivity contribution is -0.122. The Hall–Kier alpha value is -2.63. The Labute approximate surface area is 178 Å². The van der Waals surface area contributed by atoms with Crippen molar-refractivity contribution < 1.29 is 4.79 Å². The Morgan fingerprint density at radius 3 is 2.48 bits per heavy atom. The molecule has 3 aromatic rings. The number of nitrogens with one attached hydrogen (secondary N) is 1. The van der Waals surface area contributed by atoms with Gasteiger partial charge in [-0.1, -0.05) is 62.4 Å². The highest BCUT2D eigenvalue weighted by atomic mass is 35.5. The monoisotopic (exact) mass is 412 g/mol. The standard InChI is InChI=1S/C23H28N4O.ClH/c1-17(2)14-22(24)23(28)25-15-20-6-3-4-7-21(20)19-10-8-18(9-11-19)16-27-13-5-12-26-27;/h3-13,17,22H,14-16,24H2,1-2H3,(H,25,28);1H/t22-;/m0./s1. The Kier molecular flexibility index (Phi) is 8.43. The highest BCUT2D eigenvalue weighted by Gasteiger charge is 2.15. The van der Waals surface area contributed by atoms with E-state index in [1.165, 1.54) is 5.56 Å². The summed E-state index contributed by atoms with van der Waals surface area (Å²) in [5, 5.41) is 7.23. The molecule has 3 N–H and O–H groups in total. The average molecular weight is 413 g/mol. The zero-order chi connectivity index (χ0) is 19.9. The van der Waals surface area contributed by atoms with Crippen LogP contribution in [0.25, 0.3) is 11.1 Å². The number of hydrogen-bond donors (Lipinski definition) is 2. The Balaban J connectivity index is 0.00000300. The van der Waals surface area contributed by atoms with E-state index in [9.17, 15) is 4.79 Å². The fourth-order valence-corrected chi connectivity index (χ4v) is 3.26. The molecule has 1 atom stereocenters. The first-order valence-electron chi connectivity index (χ1n) is 9.71. The van der Waals surface area contributed by atoms with Crippen molar-refractivity contribution in [3.05, 3.63) is 78.1 Å². The van der Waals surface area contributed by atoms with Crippen LogP contribution in [0.15, 0.2) is 67.0 Å². The summed E-state index contributed by atoms with van der Waals surface area (Å²) in [6.07, 6.45) is 4.42. The van der Waals surface area contributed by atoms with Gasteiger partial charge in [0.2, 0.25) is 5.91 Å². The second-order valence-electron chi connectivity index (χ2n) is 7.51. The predicted molar refractivity (Wildman–Crippen MR) is 120 cm³/mol. The second kappa shape index (κ2) is 10.8. The fourth-order valence-electron chi connectivity index (χ4n) is 3.26. The van der Waals surface area contributed by atoms with E-state index in [1.807, 2.05) is 35.1 Å². The van der Waals surface area contributed by atoms with E-state index in [4.69, 9.17) is 5.73 Å². The SMILES string of the molecule is CC(C)C[C@H](N)C(=O)NCc1ccccc1-c1ccc(Cn2cccn2)cc1.Cl. The molecule has 1 aromatic heterocycles. The maximum Gasteiger partial charge on any atom is 0.237 e. The maximum atomic E-state index is 12.3. The van der Waals surface area contributed by atoms with Gasteiger partial charge in [-0.25, -0.2) is 0 Å². The van der Waals surface area contributed by atoms with Gasteiger partial charge >= 0.3 is 0 Å². The van der Waals surface area contributed by atoms with E-state index in [0.29, 0.717) is 18.9 Å². The summed E-state index contributed by atoms with van der Waals surface area (Å²) in [7, 11) is 0. The number of nitrogens with two attached hydrogens (primary N) is 1. The lowest BCUT2D eigenvalue weighted by Gasteiger charge is -2.16. The minimum atomic E-state index is -0.464. The third-order valence-corrected chi connectivity index (χ3v) is 4.70. The van der Waals surface area contributed by atoms with Crippen LogP contribution in [0.5, 0.6) is 0 Å². The van der Waals surface area contributed by atoms with Gasteiger partial charge in [-0.3, -0.25) is 9.48 Å². The van der Waals surface area contributed by atoms with Gasteiger partial charge in [0, 0.05) is 18.9 Å². The summed E-state index contributed by atoms with van der Waals surface area (Å²) in [5.74, 6) is 0.298. The van der Waals surface area contributed by atoms with E-state index in [0.717, 1.165) is 23.2 Å². The van der Waals surface area contributed by atoms with Gasteiger partial charge in [-0.2, -0.15) is 5.10 Å². The lowest BCUT2D eigenvalue weighted by atomic mass is 9.98. The van der Waals surface area contributed by atoms with Crippen molar-refractivity contribution in [2.24, 2.45) is 11.7 Å². The van der Waals surface area contributed by atoms with Crippen LogP contribution in [-0.2, 0) is 17.9 Å². The summed E-state index contributed by atoms with van der Waals surface area (Å²) >= 11 is 0. The van der Waals surface area contributed by atoms with Gasteiger partial charge in [0.15, 0.2) is 0 Å². The number of hydrogen-bond acceptors (Lipinski definition) is 3. The smallest absolute Gasteiger partial charge is 0.237 e. The molecule has 29 heavy (non-hydrogen) atoms. The average Bonchev–Trinajstić information content (AvgIpc) is 3.19. The molecule has 5 nitrogen and oxygen atoms in total. The first kappa shape index (κ1) is 22.7. The normalized spacial score (nSPS) is 11.7. The molecule has 0 aliphatic rings. The first-order valence-corrected chi connectivity index (χ1v) is 9.71. The van der Waals surface area contributed by atoms with Crippen molar-refractivity contribution in [1.29, 1.82) is 0 Å². The molecule has 0 fully saturated rings. The zero-order valence-corrected chi connectivity index (χ0v) is 17.7. The van der Waals surface area contributed by atoms with E-state index < -0.39 is 6.04 Å². The number of amides is 1. The largest absolute Gasteiger partial charge is 0.351 e. The molecule has 154 valence electrons. The summed E-state index contributed by atoms with van der Waals surface area (Å²) in [6.45, 7) is 5.35. The van der Waals surface area contributed by atoms with Crippen LogP contribution in [0.1, 0.15) is 31.4 Å². The summed E-state index contributed by atoms with van der Waals surface area (Å²) in [4.78, 5) is 12.3. The van der Waals surface area contributed by atoms with Crippen molar-refractivity contribution in [2.75, 3.05) is 0 Å². The molecule has 6 heteroatoms. The molecule has 3 rings (SSSR count). The number of aromatic nitrogens is 2. The molecule has 0 aliphatic carbocycles. The van der Waals surface area contributed by atoms with E-state index in [1.54, 1.807) is 6.20 Å². The number of benzene rings is 2. The van der Waals surface area contributed by atoms with Crippen molar-refractivity contribution >= 4 is 18.3 Å². The van der Waals surface area contributed by atoms with Crippen LogP contribution in [0.2, 0.25) is 0 Å². The maximum absolute atomic E-state index is 12.3. The molecular weight excluding hydrogens is 384 g/mol. The molecule has 0 unspecified atom stereocenters.